The Hall–Kier alpha value is -3.07. The number of aryl methyl sites for hydroxylation is 1. The number of nitrogens with zero attached hydrogens (tertiary/aromatic N) is 2. The summed E-state index contributed by atoms with van der Waals surface area (Å²) in [6.07, 6.45) is 0. The molecule has 3 aromatic rings. The molecule has 0 spiro atoms. The number of nitro groups is 1. The zero-order valence-corrected chi connectivity index (χ0v) is 15.9. The van der Waals surface area contributed by atoms with Gasteiger partial charge in [0.25, 0.3) is 11.6 Å². The lowest BCUT2D eigenvalue weighted by atomic mass is 9.90. The minimum atomic E-state index is -0.490. The van der Waals surface area contributed by atoms with Crippen LogP contribution in [0.4, 0.5) is 5.69 Å². The van der Waals surface area contributed by atoms with Crippen LogP contribution in [0.1, 0.15) is 34.3 Å². The van der Waals surface area contributed by atoms with Crippen LogP contribution in [0.25, 0.3) is 22.4 Å². The van der Waals surface area contributed by atoms with Gasteiger partial charge >= 0.3 is 0 Å². The predicted octanol–water partition coefficient (Wildman–Crippen LogP) is 3.58. The minimum absolute atomic E-state index is 0.00832. The second kappa shape index (κ2) is 5.98. The fourth-order valence-electron chi connectivity index (χ4n) is 3.25. The van der Waals surface area contributed by atoms with E-state index in [0.29, 0.717) is 43.6 Å². The topological polar surface area (TPSA) is 118 Å². The highest BCUT2D eigenvalue weighted by molar-refractivity contribution is 9.10. The SMILES string of the molecule is Cc1ccc(-c2nc3c(Br)cc4c(c3[nH]2)C(=O)NC(=O)C4C)cc1[N+](=O)[O-]. The number of imidazole rings is 1. The molecule has 0 aliphatic carbocycles. The summed E-state index contributed by atoms with van der Waals surface area (Å²) in [4.78, 5) is 42.7. The average Bonchev–Trinajstić information content (AvgIpc) is 3.05. The Morgan fingerprint density at radius 1 is 1.26 bits per heavy atom. The van der Waals surface area contributed by atoms with E-state index in [0.717, 1.165) is 0 Å². The number of hydrogen-bond donors (Lipinski definition) is 2. The van der Waals surface area contributed by atoms with Crippen LogP contribution in [0.3, 0.4) is 0 Å². The molecule has 1 atom stereocenters. The van der Waals surface area contributed by atoms with Gasteiger partial charge in [0.15, 0.2) is 0 Å². The van der Waals surface area contributed by atoms with Gasteiger partial charge in [-0.25, -0.2) is 4.98 Å². The van der Waals surface area contributed by atoms with E-state index in [1.807, 2.05) is 0 Å². The number of benzene rings is 2. The fourth-order valence-corrected chi connectivity index (χ4v) is 3.78. The number of amides is 2. The van der Waals surface area contributed by atoms with Crippen molar-refractivity contribution in [1.82, 2.24) is 15.3 Å². The summed E-state index contributed by atoms with van der Waals surface area (Å²) < 4.78 is 0.634. The number of carbonyl (C=O) groups excluding carboxylic acids is 2. The molecule has 9 heteroatoms. The molecule has 136 valence electrons. The average molecular weight is 429 g/mol. The number of halogens is 1. The third-order valence-corrected chi connectivity index (χ3v) is 5.36. The zero-order valence-electron chi connectivity index (χ0n) is 14.3. The van der Waals surface area contributed by atoms with Crippen LogP contribution < -0.4 is 5.32 Å². The lowest BCUT2D eigenvalue weighted by Crippen LogP contribution is -2.39. The van der Waals surface area contributed by atoms with E-state index in [1.54, 1.807) is 32.0 Å². The van der Waals surface area contributed by atoms with Crippen LogP contribution >= 0.6 is 15.9 Å². The molecule has 1 aliphatic heterocycles. The number of aromatic nitrogens is 2. The number of carbonyl (C=O) groups is 2. The van der Waals surface area contributed by atoms with Crippen LogP contribution in [0.15, 0.2) is 28.7 Å². The van der Waals surface area contributed by atoms with E-state index in [2.05, 4.69) is 31.2 Å². The maximum Gasteiger partial charge on any atom is 0.273 e. The monoisotopic (exact) mass is 428 g/mol. The molecule has 0 bridgehead atoms. The summed E-state index contributed by atoms with van der Waals surface area (Å²) in [5, 5.41) is 13.6. The standard InChI is InChI=1S/C18H13BrN4O4/c1-7-3-4-9(5-12(7)23(26)27)16-20-14-11(19)6-10-8(2)17(24)22-18(25)13(10)15(14)21-16/h3-6,8H,1-2H3,(H,20,21)(H,22,24,25). The number of nitro benzene ring substituents is 1. The second-order valence-corrected chi connectivity index (χ2v) is 7.28. The fraction of sp³-hybridized carbons (Fsp3) is 0.167. The highest BCUT2D eigenvalue weighted by Gasteiger charge is 2.32. The highest BCUT2D eigenvalue weighted by atomic mass is 79.9. The van der Waals surface area contributed by atoms with Gasteiger partial charge in [-0.3, -0.25) is 25.0 Å². The maximum absolute atomic E-state index is 12.4. The molecule has 1 aliphatic rings. The summed E-state index contributed by atoms with van der Waals surface area (Å²) in [6.45, 7) is 3.38. The van der Waals surface area contributed by atoms with Gasteiger partial charge in [0.2, 0.25) is 5.91 Å². The lowest BCUT2D eigenvalue weighted by molar-refractivity contribution is -0.385. The first-order valence-corrected chi connectivity index (χ1v) is 8.90. The second-order valence-electron chi connectivity index (χ2n) is 6.43. The van der Waals surface area contributed by atoms with Gasteiger partial charge in [0.1, 0.15) is 11.3 Å². The third-order valence-electron chi connectivity index (χ3n) is 4.75. The number of hydrogen-bond acceptors (Lipinski definition) is 5. The zero-order chi connectivity index (χ0) is 19.5. The predicted molar refractivity (Wildman–Crippen MR) is 102 cm³/mol. The molecule has 2 heterocycles. The molecule has 0 saturated heterocycles. The first-order chi connectivity index (χ1) is 12.8. The van der Waals surface area contributed by atoms with Gasteiger partial charge in [-0.05, 0) is 41.4 Å². The van der Waals surface area contributed by atoms with Gasteiger partial charge < -0.3 is 4.98 Å². The molecular weight excluding hydrogens is 416 g/mol. The van der Waals surface area contributed by atoms with Crippen LogP contribution in [0.2, 0.25) is 0 Å². The summed E-state index contributed by atoms with van der Waals surface area (Å²) >= 11 is 3.44. The summed E-state index contributed by atoms with van der Waals surface area (Å²) in [5.74, 6) is -0.923. The van der Waals surface area contributed by atoms with Crippen molar-refractivity contribution in [2.45, 2.75) is 19.8 Å². The molecule has 2 amide bonds. The van der Waals surface area contributed by atoms with Crippen LogP contribution in [-0.2, 0) is 4.79 Å². The van der Waals surface area contributed by atoms with Crippen LogP contribution in [0, 0.1) is 17.0 Å². The van der Waals surface area contributed by atoms with Crippen molar-refractivity contribution >= 4 is 44.5 Å². The Labute approximate surface area is 161 Å². The number of nitrogens with one attached hydrogen (secondary N) is 2. The number of fused-ring (bicyclic) bond motifs is 3. The number of rotatable bonds is 2. The smallest absolute Gasteiger partial charge is 0.273 e. The van der Waals surface area contributed by atoms with Gasteiger partial charge in [-0.1, -0.05) is 12.1 Å². The van der Waals surface area contributed by atoms with E-state index < -0.39 is 16.7 Å². The van der Waals surface area contributed by atoms with Crippen molar-refractivity contribution in [2.24, 2.45) is 0 Å². The number of aromatic amines is 1. The first kappa shape index (κ1) is 17.3. The third kappa shape index (κ3) is 2.62. The number of H-pyrrole nitrogens is 1. The first-order valence-electron chi connectivity index (χ1n) is 8.10. The van der Waals surface area contributed by atoms with Crippen molar-refractivity contribution in [1.29, 1.82) is 0 Å². The molecule has 0 saturated carbocycles. The molecule has 0 fully saturated rings. The Kier molecular flexibility index (Phi) is 3.84. The van der Waals surface area contributed by atoms with Gasteiger partial charge in [-0.2, -0.15) is 0 Å². The normalized spacial score (nSPS) is 16.3. The van der Waals surface area contributed by atoms with E-state index in [9.17, 15) is 19.7 Å². The van der Waals surface area contributed by atoms with Gasteiger partial charge in [-0.15, -0.1) is 0 Å². The minimum Gasteiger partial charge on any atom is -0.337 e. The molecule has 1 unspecified atom stereocenters. The van der Waals surface area contributed by atoms with E-state index in [4.69, 9.17) is 0 Å². The Morgan fingerprint density at radius 2 is 2.00 bits per heavy atom. The van der Waals surface area contributed by atoms with Crippen molar-refractivity contribution < 1.29 is 14.5 Å². The molecular formula is C18H13BrN4O4. The van der Waals surface area contributed by atoms with Crippen molar-refractivity contribution in [3.8, 4) is 11.4 Å². The summed E-state index contributed by atoms with van der Waals surface area (Å²) in [6, 6.07) is 6.55. The quantitative estimate of drug-likeness (QED) is 0.367. The van der Waals surface area contributed by atoms with Crippen LogP contribution in [0.5, 0.6) is 0 Å². The largest absolute Gasteiger partial charge is 0.337 e. The van der Waals surface area contributed by atoms with E-state index >= 15 is 0 Å². The summed E-state index contributed by atoms with van der Waals surface area (Å²) in [5.41, 5.74) is 3.03. The lowest BCUT2D eigenvalue weighted by Gasteiger charge is -2.21. The highest BCUT2D eigenvalue weighted by Crippen LogP contribution is 2.36. The van der Waals surface area contributed by atoms with E-state index in [1.165, 1.54) is 6.07 Å². The maximum atomic E-state index is 12.4. The van der Waals surface area contributed by atoms with Gasteiger partial charge in [0, 0.05) is 21.7 Å². The molecule has 8 nitrogen and oxygen atoms in total. The molecule has 2 N–H and O–H groups in total. The van der Waals surface area contributed by atoms with Crippen LogP contribution in [-0.4, -0.2) is 26.7 Å². The van der Waals surface area contributed by atoms with Gasteiger partial charge in [0.05, 0.1) is 21.9 Å². The molecule has 2 aromatic carbocycles. The molecule has 1 aromatic heterocycles. The van der Waals surface area contributed by atoms with E-state index in [-0.39, 0.29) is 11.6 Å². The Bertz CT molecular complexity index is 1170. The summed E-state index contributed by atoms with van der Waals surface area (Å²) in [7, 11) is 0. The Morgan fingerprint density at radius 3 is 2.70 bits per heavy atom. The van der Waals surface area contributed by atoms with Crippen molar-refractivity contribution in [3.63, 3.8) is 0 Å². The number of imide groups is 1. The van der Waals surface area contributed by atoms with Crippen molar-refractivity contribution in [2.75, 3.05) is 0 Å². The Balaban J connectivity index is 1.97. The van der Waals surface area contributed by atoms with Crippen molar-refractivity contribution in [3.05, 3.63) is 55.5 Å². The molecule has 4 rings (SSSR count). The molecule has 0 radical (unpaired) electrons. The molecule has 27 heavy (non-hydrogen) atoms.